The predicted octanol–water partition coefficient (Wildman–Crippen LogP) is 3.31. The molecule has 0 aliphatic heterocycles. The van der Waals surface area contributed by atoms with Crippen molar-refractivity contribution in [1.29, 1.82) is 0 Å². The van der Waals surface area contributed by atoms with Crippen LogP contribution in [0, 0.1) is 5.82 Å². The number of halogens is 1. The number of nitrogens with zero attached hydrogens (tertiary/aromatic N) is 3. The Bertz CT molecular complexity index is 1190. The Hall–Kier alpha value is -3.82. The van der Waals surface area contributed by atoms with E-state index in [9.17, 15) is 18.8 Å². The Kier molecular flexibility index (Phi) is 6.28. The molecule has 0 bridgehead atoms. The number of hydrogen-bond donors (Lipinski definition) is 2. The van der Waals surface area contributed by atoms with Crippen LogP contribution in [0.2, 0.25) is 0 Å². The maximum atomic E-state index is 13.7. The van der Waals surface area contributed by atoms with Crippen molar-refractivity contribution in [1.82, 2.24) is 15.0 Å². The maximum absolute atomic E-state index is 13.7. The van der Waals surface area contributed by atoms with E-state index in [1.807, 2.05) is 0 Å². The quantitative estimate of drug-likeness (QED) is 0.646. The summed E-state index contributed by atoms with van der Waals surface area (Å²) in [5, 5.41) is 13.2. The minimum atomic E-state index is -0.743. The molecule has 2 amide bonds. The normalized spacial score (nSPS) is 11.2. The molecule has 0 radical (unpaired) electrons. The second-order valence-corrected chi connectivity index (χ2v) is 7.75. The van der Waals surface area contributed by atoms with Gasteiger partial charge in [-0.15, -0.1) is 5.10 Å². The van der Waals surface area contributed by atoms with E-state index < -0.39 is 23.4 Å². The number of fused-ring (bicyclic) bond motifs is 1. The van der Waals surface area contributed by atoms with Gasteiger partial charge in [-0.2, -0.15) is 0 Å². The molecule has 2 aromatic carbocycles. The van der Waals surface area contributed by atoms with E-state index in [2.05, 4.69) is 20.9 Å². The van der Waals surface area contributed by atoms with Crippen LogP contribution in [0.1, 0.15) is 27.2 Å². The van der Waals surface area contributed by atoms with Crippen LogP contribution in [0.15, 0.2) is 47.3 Å². The molecular formula is C21H22FN5O4. The lowest BCUT2D eigenvalue weighted by atomic mass is 10.2. The topological polar surface area (TPSA) is 115 Å². The molecule has 3 rings (SSSR count). The van der Waals surface area contributed by atoms with Gasteiger partial charge in [-0.1, -0.05) is 17.3 Å². The first-order valence-corrected chi connectivity index (χ1v) is 9.54. The first-order chi connectivity index (χ1) is 14.6. The summed E-state index contributed by atoms with van der Waals surface area (Å²) in [4.78, 5) is 36.9. The number of nitrogens with one attached hydrogen (secondary N) is 2. The van der Waals surface area contributed by atoms with Crippen molar-refractivity contribution in [3.8, 4) is 0 Å². The molecular weight excluding hydrogens is 405 g/mol. The third-order valence-electron chi connectivity index (χ3n) is 4.07. The zero-order chi connectivity index (χ0) is 22.6. The number of aryl methyl sites for hydroxylation is 1. The van der Waals surface area contributed by atoms with Crippen molar-refractivity contribution in [2.45, 2.75) is 39.3 Å². The molecule has 0 saturated heterocycles. The minimum absolute atomic E-state index is 0.0212. The van der Waals surface area contributed by atoms with E-state index in [0.29, 0.717) is 10.9 Å². The van der Waals surface area contributed by atoms with E-state index in [0.717, 1.165) is 16.8 Å². The summed E-state index contributed by atoms with van der Waals surface area (Å²) >= 11 is 0. The Balaban J connectivity index is 1.69. The van der Waals surface area contributed by atoms with Crippen LogP contribution < -0.4 is 16.2 Å². The van der Waals surface area contributed by atoms with E-state index in [4.69, 9.17) is 4.74 Å². The molecule has 0 fully saturated rings. The Morgan fingerprint density at radius 1 is 1.10 bits per heavy atom. The molecule has 0 saturated carbocycles. The van der Waals surface area contributed by atoms with Gasteiger partial charge in [0, 0.05) is 6.42 Å². The summed E-state index contributed by atoms with van der Waals surface area (Å²) in [7, 11) is 0. The lowest BCUT2D eigenvalue weighted by Gasteiger charge is -2.20. The van der Waals surface area contributed by atoms with Gasteiger partial charge in [-0.3, -0.25) is 14.9 Å². The standard InChI is InChI=1S/C21H22FN5O4/c1-21(2,3)31-20(30)24-16-9-8-13(22)12-17(16)23-18(28)10-11-27-19(29)14-6-4-5-7-15(14)25-26-27/h4-9,12H,10-11H2,1-3H3,(H,23,28)(H,24,30). The Labute approximate surface area is 177 Å². The summed E-state index contributed by atoms with van der Waals surface area (Å²) < 4.78 is 20.0. The molecule has 0 unspecified atom stereocenters. The summed E-state index contributed by atoms with van der Waals surface area (Å²) in [5.41, 5.74) is -0.386. The molecule has 0 spiro atoms. The van der Waals surface area contributed by atoms with Gasteiger partial charge in [0.15, 0.2) is 0 Å². The van der Waals surface area contributed by atoms with Crippen LogP contribution in [-0.4, -0.2) is 32.6 Å². The number of aromatic nitrogens is 3. The summed E-state index contributed by atoms with van der Waals surface area (Å²) in [6.07, 6.45) is -0.859. The smallest absolute Gasteiger partial charge is 0.412 e. The van der Waals surface area contributed by atoms with Crippen molar-refractivity contribution < 1.29 is 18.7 Å². The molecule has 0 aliphatic carbocycles. The van der Waals surface area contributed by atoms with Crippen LogP contribution in [0.4, 0.5) is 20.6 Å². The highest BCUT2D eigenvalue weighted by Crippen LogP contribution is 2.24. The summed E-state index contributed by atoms with van der Waals surface area (Å²) in [6.45, 7) is 5.10. The number of carbonyl (C=O) groups is 2. The maximum Gasteiger partial charge on any atom is 0.412 e. The molecule has 0 aliphatic rings. The van der Waals surface area contributed by atoms with Gasteiger partial charge in [0.25, 0.3) is 5.56 Å². The highest BCUT2D eigenvalue weighted by atomic mass is 19.1. The number of carbonyl (C=O) groups excluding carboxylic acids is 2. The van der Waals surface area contributed by atoms with E-state index in [-0.39, 0.29) is 29.9 Å². The lowest BCUT2D eigenvalue weighted by Crippen LogP contribution is -2.28. The van der Waals surface area contributed by atoms with E-state index in [1.54, 1.807) is 45.0 Å². The molecule has 3 aromatic rings. The molecule has 162 valence electrons. The van der Waals surface area contributed by atoms with Crippen molar-refractivity contribution in [2.24, 2.45) is 0 Å². The van der Waals surface area contributed by atoms with Crippen molar-refractivity contribution >= 4 is 34.3 Å². The fraction of sp³-hybridized carbons (Fsp3) is 0.286. The van der Waals surface area contributed by atoms with E-state index in [1.165, 1.54) is 6.07 Å². The summed E-state index contributed by atoms with van der Waals surface area (Å²) in [6, 6.07) is 10.3. The van der Waals surface area contributed by atoms with E-state index >= 15 is 0 Å². The van der Waals surface area contributed by atoms with Crippen molar-refractivity contribution in [2.75, 3.05) is 10.6 Å². The van der Waals surface area contributed by atoms with Crippen LogP contribution in [-0.2, 0) is 16.1 Å². The number of ether oxygens (including phenoxy) is 1. The first kappa shape index (κ1) is 21.9. The molecule has 10 heteroatoms. The Morgan fingerprint density at radius 3 is 2.58 bits per heavy atom. The fourth-order valence-corrected chi connectivity index (χ4v) is 2.73. The SMILES string of the molecule is CC(C)(C)OC(=O)Nc1ccc(F)cc1NC(=O)CCn1nnc2ccccc2c1=O. The van der Waals surface area contributed by atoms with Crippen molar-refractivity contribution in [3.63, 3.8) is 0 Å². The molecule has 1 heterocycles. The number of anilines is 2. The average molecular weight is 427 g/mol. The molecule has 31 heavy (non-hydrogen) atoms. The molecule has 2 N–H and O–H groups in total. The number of rotatable bonds is 5. The zero-order valence-corrected chi connectivity index (χ0v) is 17.3. The van der Waals surface area contributed by atoms with Gasteiger partial charge in [-0.25, -0.2) is 13.9 Å². The molecule has 1 aromatic heterocycles. The van der Waals surface area contributed by atoms with Crippen molar-refractivity contribution in [3.05, 3.63) is 58.6 Å². The third kappa shape index (κ3) is 5.84. The second kappa shape index (κ2) is 8.90. The monoisotopic (exact) mass is 427 g/mol. The van der Waals surface area contributed by atoms with Crippen LogP contribution >= 0.6 is 0 Å². The number of benzene rings is 2. The van der Waals surface area contributed by atoms with Crippen LogP contribution in [0.3, 0.4) is 0 Å². The first-order valence-electron chi connectivity index (χ1n) is 9.54. The molecule has 0 atom stereocenters. The van der Waals surface area contributed by atoms with Gasteiger partial charge in [0.1, 0.15) is 16.9 Å². The van der Waals surface area contributed by atoms with Gasteiger partial charge in [0.2, 0.25) is 5.91 Å². The Morgan fingerprint density at radius 2 is 1.84 bits per heavy atom. The highest BCUT2D eigenvalue weighted by Gasteiger charge is 2.18. The summed E-state index contributed by atoms with van der Waals surface area (Å²) in [5.74, 6) is -1.10. The molecule has 9 nitrogen and oxygen atoms in total. The minimum Gasteiger partial charge on any atom is -0.444 e. The van der Waals surface area contributed by atoms with Gasteiger partial charge < -0.3 is 10.1 Å². The highest BCUT2D eigenvalue weighted by molar-refractivity contribution is 5.97. The predicted molar refractivity (Wildman–Crippen MR) is 113 cm³/mol. The average Bonchev–Trinajstić information content (AvgIpc) is 2.68. The third-order valence-corrected chi connectivity index (χ3v) is 4.07. The lowest BCUT2D eigenvalue weighted by molar-refractivity contribution is -0.116. The van der Waals surface area contributed by atoms with Crippen LogP contribution in [0.5, 0.6) is 0 Å². The van der Waals surface area contributed by atoms with Gasteiger partial charge >= 0.3 is 6.09 Å². The fourth-order valence-electron chi connectivity index (χ4n) is 2.73. The second-order valence-electron chi connectivity index (χ2n) is 7.75. The van der Waals surface area contributed by atoms with Gasteiger partial charge in [0.05, 0.1) is 23.3 Å². The van der Waals surface area contributed by atoms with Gasteiger partial charge in [-0.05, 0) is 51.1 Å². The number of hydrogen-bond acceptors (Lipinski definition) is 6. The van der Waals surface area contributed by atoms with Crippen LogP contribution in [0.25, 0.3) is 10.9 Å². The number of amides is 2. The zero-order valence-electron chi connectivity index (χ0n) is 17.3. The largest absolute Gasteiger partial charge is 0.444 e.